The van der Waals surface area contributed by atoms with Gasteiger partial charge in [0.25, 0.3) is 0 Å². The number of nitrogens with zero attached hydrogens (tertiary/aromatic N) is 3. The van der Waals surface area contributed by atoms with Gasteiger partial charge in [-0.25, -0.2) is 4.98 Å². The Hall–Kier alpha value is -1.66. The number of imidazole rings is 1. The molecule has 0 bridgehead atoms. The first-order valence-electron chi connectivity index (χ1n) is 11.0. The highest BCUT2D eigenvalue weighted by molar-refractivity contribution is 6.18. The van der Waals surface area contributed by atoms with Crippen molar-refractivity contribution in [1.82, 2.24) is 9.55 Å². The van der Waals surface area contributed by atoms with E-state index in [9.17, 15) is 25.2 Å². The molecular formula is C22H33Cl2N3O7. The summed E-state index contributed by atoms with van der Waals surface area (Å²) >= 11 is 11.8. The van der Waals surface area contributed by atoms with E-state index in [-0.39, 0.29) is 6.42 Å². The van der Waals surface area contributed by atoms with Crippen LogP contribution < -0.4 is 4.90 Å². The number of aliphatic hydroxyl groups excluding tert-OH is 5. The monoisotopic (exact) mass is 521 g/mol. The van der Waals surface area contributed by atoms with Crippen LogP contribution in [-0.4, -0.2) is 104 Å². The highest BCUT2D eigenvalue weighted by atomic mass is 35.5. The smallest absolute Gasteiger partial charge is 0.305 e. The second kappa shape index (κ2) is 14.0. The molecule has 0 saturated heterocycles. The number of rotatable bonds is 15. The number of hydrogen-bond acceptors (Lipinski definition) is 9. The number of carbonyl (C=O) groups is 1. The maximum Gasteiger partial charge on any atom is 0.305 e. The van der Waals surface area contributed by atoms with Crippen LogP contribution in [0.4, 0.5) is 5.69 Å². The molecule has 0 spiro atoms. The zero-order valence-corrected chi connectivity index (χ0v) is 20.6. The number of carbonyl (C=O) groups excluding carboxylic acids is 1. The Morgan fingerprint density at radius 2 is 1.76 bits per heavy atom. The second-order valence-electron chi connectivity index (χ2n) is 7.96. The van der Waals surface area contributed by atoms with Gasteiger partial charge in [-0.1, -0.05) is 0 Å². The van der Waals surface area contributed by atoms with Gasteiger partial charge >= 0.3 is 5.97 Å². The molecule has 0 fully saturated rings. The molecule has 2 aromatic rings. The van der Waals surface area contributed by atoms with Crippen LogP contribution in [0.2, 0.25) is 0 Å². The van der Waals surface area contributed by atoms with Crippen LogP contribution in [-0.2, 0) is 23.0 Å². The number of esters is 1. The molecule has 12 heteroatoms. The van der Waals surface area contributed by atoms with Crippen LogP contribution in [0, 0.1) is 0 Å². The standard InChI is InChI=1S/C22H33Cl2N3O7/c1-26-16-6-5-14(27(9-7-23)10-8-24)11-15(16)25-19(26)3-2-4-20(31)34-13-18(30)22(33)21(32)17(29)12-28/h5-6,11,17-18,21-22,28-30,32-33H,2-4,7-10,12-13H2,1H3/t17-,18-,21-,22-/m1/s1. The molecule has 1 aromatic carbocycles. The Morgan fingerprint density at radius 3 is 2.38 bits per heavy atom. The van der Waals surface area contributed by atoms with E-state index in [1.165, 1.54) is 0 Å². The first-order chi connectivity index (χ1) is 16.2. The maximum atomic E-state index is 12.0. The highest BCUT2D eigenvalue weighted by Gasteiger charge is 2.30. The van der Waals surface area contributed by atoms with Crippen molar-refractivity contribution in [2.75, 3.05) is 43.0 Å². The second-order valence-corrected chi connectivity index (χ2v) is 8.72. The molecule has 1 aromatic heterocycles. The molecule has 5 N–H and O–H groups in total. The first-order valence-corrected chi connectivity index (χ1v) is 12.1. The Morgan fingerprint density at radius 1 is 1.12 bits per heavy atom. The van der Waals surface area contributed by atoms with Crippen molar-refractivity contribution in [1.29, 1.82) is 0 Å². The summed E-state index contributed by atoms with van der Waals surface area (Å²) < 4.78 is 6.91. The number of benzene rings is 1. The predicted octanol–water partition coefficient (Wildman–Crippen LogP) is 0.159. The molecule has 0 aliphatic carbocycles. The van der Waals surface area contributed by atoms with Gasteiger partial charge < -0.3 is 39.7 Å². The molecule has 0 amide bonds. The van der Waals surface area contributed by atoms with Gasteiger partial charge in [0.15, 0.2) is 0 Å². The minimum Gasteiger partial charge on any atom is -0.463 e. The molecule has 2 rings (SSSR count). The number of aryl methyl sites for hydroxylation is 2. The summed E-state index contributed by atoms with van der Waals surface area (Å²) in [5.41, 5.74) is 2.77. The van der Waals surface area contributed by atoms with Gasteiger partial charge in [-0.15, -0.1) is 23.2 Å². The normalized spacial score (nSPS) is 15.2. The fourth-order valence-electron chi connectivity index (χ4n) is 3.54. The third-order valence-corrected chi connectivity index (χ3v) is 5.89. The van der Waals surface area contributed by atoms with Gasteiger partial charge in [-0.3, -0.25) is 4.79 Å². The van der Waals surface area contributed by atoms with Gasteiger partial charge in [-0.05, 0) is 24.6 Å². The van der Waals surface area contributed by atoms with Crippen molar-refractivity contribution in [2.45, 2.75) is 43.7 Å². The Kier molecular flexibility index (Phi) is 11.8. The van der Waals surface area contributed by atoms with Crippen molar-refractivity contribution in [3.8, 4) is 0 Å². The fourth-order valence-corrected chi connectivity index (χ4v) is 3.94. The van der Waals surface area contributed by atoms with E-state index >= 15 is 0 Å². The lowest BCUT2D eigenvalue weighted by atomic mass is 10.0. The molecule has 0 aliphatic rings. The van der Waals surface area contributed by atoms with Crippen molar-refractivity contribution in [3.63, 3.8) is 0 Å². The summed E-state index contributed by atoms with van der Waals surface area (Å²) in [6.07, 6.45) is -5.72. The third-order valence-electron chi connectivity index (χ3n) is 5.55. The summed E-state index contributed by atoms with van der Waals surface area (Å²) in [6, 6.07) is 5.97. The Labute approximate surface area is 208 Å². The minimum atomic E-state index is -1.77. The van der Waals surface area contributed by atoms with Crippen LogP contribution in [0.5, 0.6) is 0 Å². The molecular weight excluding hydrogens is 489 g/mol. The number of aliphatic hydroxyl groups is 5. The van der Waals surface area contributed by atoms with Gasteiger partial charge in [0.05, 0.1) is 17.6 Å². The van der Waals surface area contributed by atoms with E-state index in [0.717, 1.165) is 22.5 Å². The Bertz CT molecular complexity index is 908. The summed E-state index contributed by atoms with van der Waals surface area (Å²) in [6.45, 7) is 0.0152. The summed E-state index contributed by atoms with van der Waals surface area (Å²) in [7, 11) is 1.90. The molecule has 192 valence electrons. The lowest BCUT2D eigenvalue weighted by molar-refractivity contribution is -0.156. The Balaban J connectivity index is 1.89. The first kappa shape index (κ1) is 28.6. The molecule has 0 aliphatic heterocycles. The van der Waals surface area contributed by atoms with Crippen molar-refractivity contribution in [3.05, 3.63) is 24.0 Å². The highest BCUT2D eigenvalue weighted by Crippen LogP contribution is 2.23. The molecule has 1 heterocycles. The largest absolute Gasteiger partial charge is 0.463 e. The number of fused-ring (bicyclic) bond motifs is 1. The maximum absolute atomic E-state index is 12.0. The van der Waals surface area contributed by atoms with Crippen molar-refractivity contribution < 1.29 is 35.1 Å². The number of alkyl halides is 2. The summed E-state index contributed by atoms with van der Waals surface area (Å²) in [4.78, 5) is 18.8. The van der Waals surface area contributed by atoms with E-state index < -0.39 is 43.6 Å². The number of anilines is 1. The van der Waals surface area contributed by atoms with Crippen LogP contribution >= 0.6 is 23.2 Å². The number of ether oxygens (including phenoxy) is 1. The molecule has 0 unspecified atom stereocenters. The summed E-state index contributed by atoms with van der Waals surface area (Å²) in [5.74, 6) is 1.19. The van der Waals surface area contributed by atoms with Gasteiger partial charge in [0, 0.05) is 50.4 Å². The average Bonchev–Trinajstić information content (AvgIpc) is 3.15. The van der Waals surface area contributed by atoms with Crippen LogP contribution in [0.15, 0.2) is 18.2 Å². The lowest BCUT2D eigenvalue weighted by Crippen LogP contribution is -2.47. The molecule has 0 saturated carbocycles. The van der Waals surface area contributed by atoms with Crippen molar-refractivity contribution >= 4 is 45.9 Å². The average molecular weight is 522 g/mol. The molecule has 34 heavy (non-hydrogen) atoms. The van der Waals surface area contributed by atoms with E-state index in [2.05, 4.69) is 9.88 Å². The van der Waals surface area contributed by atoms with Gasteiger partial charge in [0.2, 0.25) is 0 Å². The van der Waals surface area contributed by atoms with E-state index in [4.69, 9.17) is 33.0 Å². The zero-order chi connectivity index (χ0) is 25.3. The van der Waals surface area contributed by atoms with Crippen LogP contribution in [0.3, 0.4) is 0 Å². The molecule has 10 nitrogen and oxygen atoms in total. The fraction of sp³-hybridized carbons (Fsp3) is 0.636. The third kappa shape index (κ3) is 7.67. The molecule has 0 radical (unpaired) electrons. The zero-order valence-electron chi connectivity index (χ0n) is 19.1. The minimum absolute atomic E-state index is 0.0678. The predicted molar refractivity (Wildman–Crippen MR) is 129 cm³/mol. The van der Waals surface area contributed by atoms with Gasteiger partial charge in [0.1, 0.15) is 36.8 Å². The van der Waals surface area contributed by atoms with E-state index in [1.54, 1.807) is 0 Å². The number of hydrogen-bond donors (Lipinski definition) is 5. The topological polar surface area (TPSA) is 149 Å². The number of aromatic nitrogens is 2. The SMILES string of the molecule is Cn1c(CCCC(=O)OC[C@@H](O)[C@@H](O)[C@H](O)[C@H](O)CO)nc2cc(N(CCCl)CCCl)ccc21. The molecule has 4 atom stereocenters. The van der Waals surface area contributed by atoms with Crippen LogP contribution in [0.1, 0.15) is 18.7 Å². The quantitative estimate of drug-likeness (QED) is 0.163. The van der Waals surface area contributed by atoms with E-state index in [1.807, 2.05) is 29.8 Å². The number of halogens is 2. The van der Waals surface area contributed by atoms with Crippen LogP contribution in [0.25, 0.3) is 11.0 Å². The van der Waals surface area contributed by atoms with E-state index in [0.29, 0.717) is 37.7 Å². The lowest BCUT2D eigenvalue weighted by Gasteiger charge is -2.25. The van der Waals surface area contributed by atoms with Crippen molar-refractivity contribution in [2.24, 2.45) is 7.05 Å². The van der Waals surface area contributed by atoms with Gasteiger partial charge in [-0.2, -0.15) is 0 Å². The summed E-state index contributed by atoms with van der Waals surface area (Å²) in [5, 5.41) is 47.3.